The number of carbonyl (C=O) groups excluding carboxylic acids is 1. The number of para-hydroxylation sites is 1. The van der Waals surface area contributed by atoms with Crippen LogP contribution in [-0.4, -0.2) is 18.1 Å². The third kappa shape index (κ3) is 2.32. The Kier molecular flexibility index (Phi) is 3.48. The van der Waals surface area contributed by atoms with Crippen molar-refractivity contribution in [2.24, 2.45) is 5.92 Å². The maximum atomic E-state index is 13.5. The van der Waals surface area contributed by atoms with Crippen molar-refractivity contribution in [3.8, 4) is 0 Å². The minimum absolute atomic E-state index is 0.141. The number of aryl methyl sites for hydroxylation is 1. The molecule has 2 aliphatic rings. The molecule has 142 valence electrons. The van der Waals surface area contributed by atoms with E-state index in [9.17, 15) is 9.59 Å². The summed E-state index contributed by atoms with van der Waals surface area (Å²) in [5.41, 5.74) is 2.03. The van der Waals surface area contributed by atoms with E-state index < -0.39 is 11.5 Å². The fraction of sp³-hybridized carbons (Fsp3) is 0.304. The highest BCUT2D eigenvalue weighted by Gasteiger charge is 2.56. The largest absolute Gasteiger partial charge is 0.459 e. The lowest BCUT2D eigenvalue weighted by Crippen LogP contribution is -2.43. The monoisotopic (exact) mass is 375 g/mol. The molecule has 3 aromatic rings. The van der Waals surface area contributed by atoms with Crippen molar-refractivity contribution in [1.29, 1.82) is 0 Å². The van der Waals surface area contributed by atoms with Crippen LogP contribution in [0.1, 0.15) is 30.9 Å². The fourth-order valence-electron chi connectivity index (χ4n) is 4.50. The van der Waals surface area contributed by atoms with Gasteiger partial charge in [0.15, 0.2) is 5.43 Å². The van der Waals surface area contributed by atoms with E-state index in [0.29, 0.717) is 29.0 Å². The van der Waals surface area contributed by atoms with Gasteiger partial charge in [0.1, 0.15) is 11.2 Å². The zero-order valence-corrected chi connectivity index (χ0v) is 16.1. The van der Waals surface area contributed by atoms with Crippen LogP contribution in [0.15, 0.2) is 57.7 Å². The Hall–Kier alpha value is -3.08. The van der Waals surface area contributed by atoms with Gasteiger partial charge in [-0.15, -0.1) is 0 Å². The highest BCUT2D eigenvalue weighted by molar-refractivity contribution is 5.89. The molecular weight excluding hydrogens is 354 g/mol. The predicted molar refractivity (Wildman–Crippen MR) is 107 cm³/mol. The van der Waals surface area contributed by atoms with Crippen molar-refractivity contribution >= 4 is 28.5 Å². The lowest BCUT2D eigenvalue weighted by atomic mass is 9.76. The normalized spacial score (nSPS) is 22.7. The molecule has 0 unspecified atom stereocenters. The average Bonchev–Trinajstić information content (AvgIpc) is 2.91. The summed E-state index contributed by atoms with van der Waals surface area (Å²) >= 11 is 0. The number of ether oxygens (including phenoxy) is 1. The Morgan fingerprint density at radius 1 is 1.07 bits per heavy atom. The molecule has 0 amide bonds. The second-order valence-corrected chi connectivity index (χ2v) is 8.20. The van der Waals surface area contributed by atoms with Gasteiger partial charge in [-0.2, -0.15) is 0 Å². The van der Waals surface area contributed by atoms with E-state index in [1.807, 2.05) is 74.2 Å². The maximum Gasteiger partial charge on any atom is 0.314 e. The number of benzene rings is 2. The molecule has 5 nitrogen and oxygen atoms in total. The molecule has 5 rings (SSSR count). The first kappa shape index (κ1) is 17.0. The number of hydrogen-bond donors (Lipinski definition) is 0. The number of nitrogens with zero attached hydrogens (tertiary/aromatic N) is 1. The Balaban J connectivity index is 1.84. The van der Waals surface area contributed by atoms with Gasteiger partial charge in [-0.1, -0.05) is 29.8 Å². The number of cyclic esters (lactones) is 1. The first-order valence-electron chi connectivity index (χ1n) is 9.49. The molecule has 0 bridgehead atoms. The number of esters is 1. The van der Waals surface area contributed by atoms with Gasteiger partial charge in [0.25, 0.3) is 0 Å². The summed E-state index contributed by atoms with van der Waals surface area (Å²) in [5, 5.41) is 0.505. The zero-order valence-electron chi connectivity index (χ0n) is 16.1. The molecule has 1 aromatic heterocycles. The van der Waals surface area contributed by atoms with Crippen LogP contribution >= 0.6 is 0 Å². The summed E-state index contributed by atoms with van der Waals surface area (Å²) in [6, 6.07) is 15.4. The van der Waals surface area contributed by atoms with Crippen molar-refractivity contribution in [3.63, 3.8) is 0 Å². The fourth-order valence-corrected chi connectivity index (χ4v) is 4.50. The SMILES string of the molecule is Cc1ccc2oc3c(c(=O)c2c1)[C@H]1C(=O)OC(C)(C)[C@H]1CN3c1ccccc1. The summed E-state index contributed by atoms with van der Waals surface area (Å²) in [6.45, 7) is 6.30. The Morgan fingerprint density at radius 3 is 2.57 bits per heavy atom. The molecule has 2 aromatic carbocycles. The number of carbonyl (C=O) groups is 1. The van der Waals surface area contributed by atoms with Crippen LogP contribution in [0, 0.1) is 12.8 Å². The Bertz CT molecular complexity index is 1160. The van der Waals surface area contributed by atoms with Crippen LogP contribution in [0.3, 0.4) is 0 Å². The molecule has 28 heavy (non-hydrogen) atoms. The summed E-state index contributed by atoms with van der Waals surface area (Å²) < 4.78 is 11.9. The molecule has 1 fully saturated rings. The molecule has 1 saturated heterocycles. The van der Waals surface area contributed by atoms with E-state index in [0.717, 1.165) is 11.3 Å². The Morgan fingerprint density at radius 2 is 1.82 bits per heavy atom. The summed E-state index contributed by atoms with van der Waals surface area (Å²) in [5.74, 6) is -0.643. The molecular formula is C23H21NO4. The number of anilines is 2. The van der Waals surface area contributed by atoms with Gasteiger partial charge in [0, 0.05) is 18.2 Å². The third-order valence-electron chi connectivity index (χ3n) is 5.98. The molecule has 0 aliphatic carbocycles. The minimum Gasteiger partial charge on any atom is -0.459 e. The minimum atomic E-state index is -0.652. The topological polar surface area (TPSA) is 59.8 Å². The molecule has 0 spiro atoms. The van der Waals surface area contributed by atoms with Crippen molar-refractivity contribution < 1.29 is 13.9 Å². The highest BCUT2D eigenvalue weighted by atomic mass is 16.6. The van der Waals surface area contributed by atoms with Crippen LogP contribution in [0.5, 0.6) is 0 Å². The molecule has 0 radical (unpaired) electrons. The highest BCUT2D eigenvalue weighted by Crippen LogP contribution is 2.50. The second kappa shape index (κ2) is 5.71. The number of rotatable bonds is 1. The average molecular weight is 375 g/mol. The van der Waals surface area contributed by atoms with Gasteiger partial charge in [-0.3, -0.25) is 9.59 Å². The molecule has 0 N–H and O–H groups in total. The van der Waals surface area contributed by atoms with Gasteiger partial charge in [0.05, 0.1) is 16.9 Å². The maximum absolute atomic E-state index is 13.5. The lowest BCUT2D eigenvalue weighted by molar-refractivity contribution is -0.147. The first-order valence-corrected chi connectivity index (χ1v) is 9.49. The molecule has 3 heterocycles. The molecule has 5 heteroatoms. The second-order valence-electron chi connectivity index (χ2n) is 8.20. The van der Waals surface area contributed by atoms with E-state index in [2.05, 4.69) is 0 Å². The van der Waals surface area contributed by atoms with E-state index in [1.165, 1.54) is 0 Å². The van der Waals surface area contributed by atoms with E-state index in [4.69, 9.17) is 9.15 Å². The predicted octanol–water partition coefficient (Wildman–Crippen LogP) is 4.29. The van der Waals surface area contributed by atoms with E-state index >= 15 is 0 Å². The number of hydrogen-bond acceptors (Lipinski definition) is 5. The Labute approximate surface area is 162 Å². The molecule has 2 aliphatic heterocycles. The first-order chi connectivity index (χ1) is 13.4. The van der Waals surface area contributed by atoms with Crippen LogP contribution in [0.25, 0.3) is 11.0 Å². The van der Waals surface area contributed by atoms with E-state index in [-0.39, 0.29) is 17.3 Å². The summed E-state index contributed by atoms with van der Waals surface area (Å²) in [7, 11) is 0. The van der Waals surface area contributed by atoms with Crippen LogP contribution in [-0.2, 0) is 9.53 Å². The van der Waals surface area contributed by atoms with Crippen molar-refractivity contribution in [2.45, 2.75) is 32.3 Å². The van der Waals surface area contributed by atoms with Crippen LogP contribution < -0.4 is 10.3 Å². The van der Waals surface area contributed by atoms with E-state index in [1.54, 1.807) is 0 Å². The van der Waals surface area contributed by atoms with Gasteiger partial charge >= 0.3 is 5.97 Å². The lowest BCUT2D eigenvalue weighted by Gasteiger charge is -2.38. The molecule has 2 atom stereocenters. The van der Waals surface area contributed by atoms with Crippen molar-refractivity contribution in [1.82, 2.24) is 0 Å². The van der Waals surface area contributed by atoms with Gasteiger partial charge in [0.2, 0.25) is 5.88 Å². The smallest absolute Gasteiger partial charge is 0.314 e. The summed E-state index contributed by atoms with van der Waals surface area (Å²) in [4.78, 5) is 28.3. The summed E-state index contributed by atoms with van der Waals surface area (Å²) in [6.07, 6.45) is 0. The quantitative estimate of drug-likeness (QED) is 0.594. The standard InChI is InChI=1S/C23H21NO4/c1-13-9-10-17-15(11-13)20(25)19-18-16(23(2,3)28-22(18)26)12-24(21(19)27-17)14-7-5-4-6-8-14/h4-11,16,18H,12H2,1-3H3/t16-,18-/m0/s1. The van der Waals surface area contributed by atoms with Gasteiger partial charge in [-0.05, 0) is 45.0 Å². The van der Waals surface area contributed by atoms with Crippen LogP contribution in [0.4, 0.5) is 11.6 Å². The van der Waals surface area contributed by atoms with Gasteiger partial charge < -0.3 is 14.1 Å². The third-order valence-corrected chi connectivity index (χ3v) is 5.98. The van der Waals surface area contributed by atoms with Crippen molar-refractivity contribution in [2.75, 3.05) is 11.4 Å². The van der Waals surface area contributed by atoms with Crippen molar-refractivity contribution in [3.05, 3.63) is 69.9 Å². The van der Waals surface area contributed by atoms with Crippen LogP contribution in [0.2, 0.25) is 0 Å². The number of fused-ring (bicyclic) bond motifs is 4. The van der Waals surface area contributed by atoms with Gasteiger partial charge in [-0.25, -0.2) is 0 Å². The molecule has 0 saturated carbocycles. The zero-order chi connectivity index (χ0) is 19.6.